The van der Waals surface area contributed by atoms with Gasteiger partial charge in [-0.05, 0) is 54.7 Å². The van der Waals surface area contributed by atoms with E-state index < -0.39 is 10.0 Å². The van der Waals surface area contributed by atoms with Gasteiger partial charge in [0, 0.05) is 19.2 Å². The maximum absolute atomic E-state index is 13.8. The molecule has 0 saturated heterocycles. The molecule has 0 fully saturated rings. The smallest absolute Gasteiger partial charge is 0.264 e. The highest BCUT2D eigenvalue weighted by molar-refractivity contribution is 7.89. The molecule has 1 aliphatic carbocycles. The van der Waals surface area contributed by atoms with E-state index in [1.54, 1.807) is 12.1 Å². The Balaban J connectivity index is 1.72. The fourth-order valence-electron chi connectivity index (χ4n) is 4.27. The number of rotatable bonds is 7. The lowest BCUT2D eigenvalue weighted by Crippen LogP contribution is -2.34. The molecule has 4 rings (SSSR count). The van der Waals surface area contributed by atoms with E-state index in [0.29, 0.717) is 12.1 Å². The van der Waals surface area contributed by atoms with Gasteiger partial charge in [-0.1, -0.05) is 64.6 Å². The van der Waals surface area contributed by atoms with E-state index in [9.17, 15) is 13.2 Å². The van der Waals surface area contributed by atoms with E-state index in [-0.39, 0.29) is 16.8 Å². The van der Waals surface area contributed by atoms with Crippen molar-refractivity contribution in [2.24, 2.45) is 0 Å². The first kappa shape index (κ1) is 23.2. The van der Waals surface area contributed by atoms with E-state index >= 15 is 0 Å². The van der Waals surface area contributed by atoms with Crippen LogP contribution in [0.25, 0.3) is 0 Å². The fourth-order valence-corrected chi connectivity index (χ4v) is 5.29. The van der Waals surface area contributed by atoms with Crippen LogP contribution in [0.3, 0.4) is 0 Å². The monoisotopic (exact) mass is 464 g/mol. The first-order valence-corrected chi connectivity index (χ1v) is 12.3. The molecule has 0 aliphatic heterocycles. The largest absolute Gasteiger partial charge is 0.327 e. The second-order valence-electron chi connectivity index (χ2n) is 8.30. The van der Waals surface area contributed by atoms with Crippen LogP contribution >= 0.6 is 0 Å². The molecule has 6 nitrogen and oxygen atoms in total. The molecule has 1 amide bonds. The van der Waals surface area contributed by atoms with Gasteiger partial charge in [0.25, 0.3) is 15.9 Å². The Hall–Kier alpha value is -3.00. The topological polar surface area (TPSA) is 66.9 Å². The Morgan fingerprint density at radius 3 is 2.48 bits per heavy atom. The summed E-state index contributed by atoms with van der Waals surface area (Å²) in [5.41, 5.74) is 4.92. The number of sulfonamides is 1. The average Bonchev–Trinajstić information content (AvgIpc) is 3.26. The zero-order chi connectivity index (χ0) is 23.6. The van der Waals surface area contributed by atoms with Gasteiger partial charge in [-0.15, -0.1) is 0 Å². The molecule has 172 valence electrons. The molecule has 1 unspecified atom stereocenters. The van der Waals surface area contributed by atoms with Crippen LogP contribution in [0.5, 0.6) is 0 Å². The van der Waals surface area contributed by atoms with Crippen molar-refractivity contribution < 1.29 is 18.0 Å². The Morgan fingerprint density at radius 2 is 1.76 bits per heavy atom. The lowest BCUT2D eigenvalue weighted by molar-refractivity contribution is -0.0258. The van der Waals surface area contributed by atoms with E-state index in [4.69, 9.17) is 4.84 Å². The third kappa shape index (κ3) is 4.71. The Bertz CT molecular complexity index is 1260. The van der Waals surface area contributed by atoms with Crippen molar-refractivity contribution in [3.63, 3.8) is 0 Å². The van der Waals surface area contributed by atoms with Crippen molar-refractivity contribution in [2.75, 3.05) is 14.2 Å². The maximum atomic E-state index is 13.8. The third-order valence-electron chi connectivity index (χ3n) is 6.19. The van der Waals surface area contributed by atoms with Crippen molar-refractivity contribution in [1.29, 1.82) is 0 Å². The normalized spacial score (nSPS) is 15.5. The van der Waals surface area contributed by atoms with Crippen LogP contribution in [0.15, 0.2) is 77.7 Å². The van der Waals surface area contributed by atoms with Crippen molar-refractivity contribution in [2.45, 2.75) is 37.2 Å². The molecule has 1 aliphatic rings. The SMILES string of the molecule is CON(C)S(=O)(=O)c1cccc(C(=O)N(Cc2ccc(C)cc2)C2CCc3ccccc32)c1. The van der Waals surface area contributed by atoms with Gasteiger partial charge in [-0.2, -0.15) is 0 Å². The Kier molecular flexibility index (Phi) is 6.65. The number of aryl methyl sites for hydroxylation is 2. The standard InChI is InChI=1S/C26H28N2O4S/c1-19-11-13-20(14-12-19)18-28(25-16-15-21-7-4-5-10-24(21)25)26(29)22-8-6-9-23(17-22)33(30,31)27(2)32-3/h4-14,17,25H,15-16,18H2,1-3H3. The third-order valence-corrected chi connectivity index (χ3v) is 7.86. The number of nitrogens with zero attached hydrogens (tertiary/aromatic N) is 2. The van der Waals surface area contributed by atoms with Crippen LogP contribution < -0.4 is 0 Å². The minimum absolute atomic E-state index is 0.0137. The van der Waals surface area contributed by atoms with Crippen molar-refractivity contribution in [3.05, 3.63) is 101 Å². The van der Waals surface area contributed by atoms with Crippen molar-refractivity contribution in [3.8, 4) is 0 Å². The zero-order valence-electron chi connectivity index (χ0n) is 19.1. The zero-order valence-corrected chi connectivity index (χ0v) is 19.9. The number of fused-ring (bicyclic) bond motifs is 1. The number of carbonyl (C=O) groups excluding carboxylic acids is 1. The summed E-state index contributed by atoms with van der Waals surface area (Å²) in [7, 11) is -1.25. The second-order valence-corrected chi connectivity index (χ2v) is 10.2. The lowest BCUT2D eigenvalue weighted by atomic mass is 10.0. The summed E-state index contributed by atoms with van der Waals surface area (Å²) in [5, 5.41) is 0. The summed E-state index contributed by atoms with van der Waals surface area (Å²) in [4.78, 5) is 20.6. The van der Waals surface area contributed by atoms with Gasteiger partial charge in [0.2, 0.25) is 0 Å². The molecule has 7 heteroatoms. The van der Waals surface area contributed by atoms with Gasteiger partial charge in [0.05, 0.1) is 18.0 Å². The summed E-state index contributed by atoms with van der Waals surface area (Å²) in [6.07, 6.45) is 1.74. The highest BCUT2D eigenvalue weighted by Gasteiger charge is 2.32. The number of carbonyl (C=O) groups is 1. The molecule has 0 aromatic heterocycles. The summed E-state index contributed by atoms with van der Waals surface area (Å²) < 4.78 is 26.2. The number of benzene rings is 3. The predicted octanol–water partition coefficient (Wildman–Crippen LogP) is 4.51. The van der Waals surface area contributed by atoms with E-state index in [1.165, 1.54) is 31.9 Å². The van der Waals surface area contributed by atoms with Crippen LogP contribution in [-0.4, -0.2) is 37.9 Å². The summed E-state index contributed by atoms with van der Waals surface area (Å²) in [6.45, 7) is 2.47. The second kappa shape index (κ2) is 9.47. The summed E-state index contributed by atoms with van der Waals surface area (Å²) in [6, 6.07) is 22.4. The number of amides is 1. The number of hydroxylamine groups is 1. The Morgan fingerprint density at radius 1 is 1.03 bits per heavy atom. The molecule has 1 atom stereocenters. The average molecular weight is 465 g/mol. The van der Waals surface area contributed by atoms with Crippen LogP contribution in [0.1, 0.15) is 45.1 Å². The van der Waals surface area contributed by atoms with Gasteiger partial charge in [-0.25, -0.2) is 8.42 Å². The molecule has 0 spiro atoms. The minimum atomic E-state index is -3.86. The van der Waals surface area contributed by atoms with Crippen LogP contribution in [-0.2, 0) is 27.8 Å². The van der Waals surface area contributed by atoms with Gasteiger partial charge >= 0.3 is 0 Å². The Labute approximate surface area is 195 Å². The maximum Gasteiger partial charge on any atom is 0.264 e. The number of hydrogen-bond donors (Lipinski definition) is 0. The highest BCUT2D eigenvalue weighted by Crippen LogP contribution is 2.37. The van der Waals surface area contributed by atoms with Gasteiger partial charge in [-0.3, -0.25) is 9.63 Å². The highest BCUT2D eigenvalue weighted by atomic mass is 32.2. The quantitative estimate of drug-likeness (QED) is 0.483. The molecule has 0 saturated carbocycles. The van der Waals surface area contributed by atoms with E-state index in [0.717, 1.165) is 34.0 Å². The summed E-state index contributed by atoms with van der Waals surface area (Å²) in [5.74, 6) is -0.200. The van der Waals surface area contributed by atoms with Gasteiger partial charge in [0.1, 0.15) is 0 Å². The molecule has 0 radical (unpaired) electrons. The fraction of sp³-hybridized carbons (Fsp3) is 0.269. The molecule has 3 aromatic rings. The number of hydrogen-bond acceptors (Lipinski definition) is 4. The van der Waals surface area contributed by atoms with E-state index in [1.807, 2.05) is 48.2 Å². The van der Waals surface area contributed by atoms with Crippen LogP contribution in [0.2, 0.25) is 0 Å². The van der Waals surface area contributed by atoms with Gasteiger partial charge in [0.15, 0.2) is 0 Å². The predicted molar refractivity (Wildman–Crippen MR) is 127 cm³/mol. The molecule has 0 heterocycles. The minimum Gasteiger partial charge on any atom is -0.327 e. The van der Waals surface area contributed by atoms with Crippen LogP contribution in [0.4, 0.5) is 0 Å². The molecule has 0 bridgehead atoms. The first-order chi connectivity index (χ1) is 15.8. The summed E-state index contributed by atoms with van der Waals surface area (Å²) >= 11 is 0. The van der Waals surface area contributed by atoms with Crippen LogP contribution in [0, 0.1) is 6.92 Å². The molecular formula is C26H28N2O4S. The van der Waals surface area contributed by atoms with Crippen molar-refractivity contribution in [1.82, 2.24) is 9.37 Å². The van der Waals surface area contributed by atoms with Crippen molar-refractivity contribution >= 4 is 15.9 Å². The molecule has 33 heavy (non-hydrogen) atoms. The first-order valence-electron chi connectivity index (χ1n) is 10.9. The van der Waals surface area contributed by atoms with E-state index in [2.05, 4.69) is 12.1 Å². The lowest BCUT2D eigenvalue weighted by Gasteiger charge is -2.30. The molecule has 3 aromatic carbocycles. The molecule has 0 N–H and O–H groups in total. The molecular weight excluding hydrogens is 436 g/mol. The van der Waals surface area contributed by atoms with Gasteiger partial charge < -0.3 is 4.90 Å².